The van der Waals surface area contributed by atoms with Crippen molar-refractivity contribution in [3.63, 3.8) is 0 Å². The molecule has 4 aromatic rings. The van der Waals surface area contributed by atoms with Crippen LogP contribution in [0.3, 0.4) is 0 Å². The molecular formula is C24H21N3OS. The minimum atomic E-state index is -0.227. The summed E-state index contributed by atoms with van der Waals surface area (Å²) in [6.07, 6.45) is 4.63. The molecule has 0 bridgehead atoms. The smallest absolute Gasteiger partial charge is 0.255 e. The van der Waals surface area contributed by atoms with E-state index >= 15 is 0 Å². The second-order valence-corrected chi connectivity index (χ2v) is 8.02. The minimum absolute atomic E-state index is 0.0508. The van der Waals surface area contributed by atoms with Crippen LogP contribution in [0.2, 0.25) is 0 Å². The number of aromatic amines is 1. The van der Waals surface area contributed by atoms with Crippen molar-refractivity contribution in [1.29, 1.82) is 0 Å². The van der Waals surface area contributed by atoms with Crippen LogP contribution < -0.4 is 0 Å². The Labute approximate surface area is 174 Å². The molecule has 1 amide bonds. The van der Waals surface area contributed by atoms with Crippen LogP contribution in [0.1, 0.15) is 33.4 Å². The number of rotatable bonds is 3. The highest BCUT2D eigenvalue weighted by molar-refractivity contribution is 7.98. The number of nitrogens with zero attached hydrogens (tertiary/aromatic N) is 2. The number of pyridine rings is 1. The van der Waals surface area contributed by atoms with E-state index in [1.807, 2.05) is 59.7 Å². The highest BCUT2D eigenvalue weighted by Crippen LogP contribution is 2.39. The zero-order valence-corrected chi connectivity index (χ0v) is 16.9. The minimum Gasteiger partial charge on any atom is -0.356 e. The summed E-state index contributed by atoms with van der Waals surface area (Å²) < 4.78 is 0. The first kappa shape index (κ1) is 18.0. The standard InChI is InChI=1S/C24H21N3OS/c1-29-21-12-5-3-9-18(21)24(28)27-15-13-17-16-8-2-4-10-19(16)26-22(17)23(27)20-11-6-7-14-25-20/h2-12,14,23,26H,13,15H2,1H3. The molecule has 29 heavy (non-hydrogen) atoms. The van der Waals surface area contributed by atoms with Crippen LogP contribution >= 0.6 is 11.8 Å². The molecule has 1 unspecified atom stereocenters. The molecule has 5 rings (SSSR count). The van der Waals surface area contributed by atoms with E-state index in [0.717, 1.165) is 33.8 Å². The highest BCUT2D eigenvalue weighted by Gasteiger charge is 2.36. The van der Waals surface area contributed by atoms with Crippen LogP contribution in [0.5, 0.6) is 0 Å². The molecule has 1 atom stereocenters. The number of thioether (sulfide) groups is 1. The normalized spacial score (nSPS) is 16.0. The van der Waals surface area contributed by atoms with Gasteiger partial charge >= 0.3 is 0 Å². The maximum absolute atomic E-state index is 13.7. The summed E-state index contributed by atoms with van der Waals surface area (Å²) in [5, 5.41) is 1.24. The zero-order chi connectivity index (χ0) is 19.8. The fraction of sp³-hybridized carbons (Fsp3) is 0.167. The topological polar surface area (TPSA) is 49.0 Å². The number of para-hydroxylation sites is 1. The zero-order valence-electron chi connectivity index (χ0n) is 16.1. The van der Waals surface area contributed by atoms with Crippen molar-refractivity contribution < 1.29 is 4.79 Å². The van der Waals surface area contributed by atoms with Crippen LogP contribution in [0.25, 0.3) is 10.9 Å². The van der Waals surface area contributed by atoms with Gasteiger partial charge in [0.25, 0.3) is 5.91 Å². The van der Waals surface area contributed by atoms with Gasteiger partial charge in [-0.2, -0.15) is 0 Å². The van der Waals surface area contributed by atoms with Crippen molar-refractivity contribution in [1.82, 2.24) is 14.9 Å². The molecule has 0 radical (unpaired) electrons. The summed E-state index contributed by atoms with van der Waals surface area (Å²) in [5.41, 5.74) is 5.11. The fourth-order valence-corrected chi connectivity index (χ4v) is 4.87. The lowest BCUT2D eigenvalue weighted by Gasteiger charge is -2.36. The van der Waals surface area contributed by atoms with E-state index in [9.17, 15) is 4.79 Å². The molecule has 3 heterocycles. The molecule has 2 aromatic heterocycles. The third kappa shape index (κ3) is 3.02. The van der Waals surface area contributed by atoms with Gasteiger partial charge < -0.3 is 9.88 Å². The summed E-state index contributed by atoms with van der Waals surface area (Å²) in [5.74, 6) is 0.0508. The lowest BCUT2D eigenvalue weighted by Crippen LogP contribution is -2.41. The Hall–Kier alpha value is -3.05. The van der Waals surface area contributed by atoms with Gasteiger partial charge in [-0.15, -0.1) is 11.8 Å². The van der Waals surface area contributed by atoms with Crippen molar-refractivity contribution in [2.24, 2.45) is 0 Å². The second-order valence-electron chi connectivity index (χ2n) is 7.17. The number of H-pyrrole nitrogens is 1. The summed E-state index contributed by atoms with van der Waals surface area (Å²) in [6, 6.07) is 21.9. The fourth-order valence-electron chi connectivity index (χ4n) is 4.28. The Morgan fingerprint density at radius 2 is 1.86 bits per heavy atom. The van der Waals surface area contributed by atoms with Crippen molar-refractivity contribution in [2.75, 3.05) is 12.8 Å². The van der Waals surface area contributed by atoms with E-state index in [1.165, 1.54) is 10.9 Å². The van der Waals surface area contributed by atoms with Gasteiger partial charge in [0.1, 0.15) is 6.04 Å². The number of carbonyl (C=O) groups is 1. The van der Waals surface area contributed by atoms with Crippen LogP contribution in [-0.2, 0) is 6.42 Å². The van der Waals surface area contributed by atoms with Crippen molar-refractivity contribution in [3.8, 4) is 0 Å². The van der Waals surface area contributed by atoms with Crippen LogP contribution in [0, 0.1) is 0 Å². The summed E-state index contributed by atoms with van der Waals surface area (Å²) in [6.45, 7) is 0.664. The average Bonchev–Trinajstić information content (AvgIpc) is 3.17. The lowest BCUT2D eigenvalue weighted by atomic mass is 9.94. The van der Waals surface area contributed by atoms with Gasteiger partial charge in [-0.25, -0.2) is 0 Å². The molecule has 0 aliphatic carbocycles. The van der Waals surface area contributed by atoms with Crippen molar-refractivity contribution in [2.45, 2.75) is 17.4 Å². The molecule has 0 saturated heterocycles. The third-order valence-corrected chi connectivity index (χ3v) is 6.40. The van der Waals surface area contributed by atoms with E-state index in [-0.39, 0.29) is 11.9 Å². The predicted molar refractivity (Wildman–Crippen MR) is 117 cm³/mol. The van der Waals surface area contributed by atoms with Gasteiger partial charge in [-0.05, 0) is 48.6 Å². The molecule has 0 spiro atoms. The maximum atomic E-state index is 13.7. The van der Waals surface area contributed by atoms with E-state index < -0.39 is 0 Å². The van der Waals surface area contributed by atoms with E-state index in [1.54, 1.807) is 18.0 Å². The third-order valence-electron chi connectivity index (χ3n) is 5.60. The monoisotopic (exact) mass is 399 g/mol. The first-order valence-corrected chi connectivity index (χ1v) is 10.9. The molecule has 0 fully saturated rings. The van der Waals surface area contributed by atoms with Gasteiger partial charge in [0.05, 0.1) is 11.3 Å². The number of carbonyl (C=O) groups excluding carboxylic acids is 1. The molecule has 1 aliphatic rings. The number of amides is 1. The van der Waals surface area contributed by atoms with E-state index in [2.05, 4.69) is 28.2 Å². The number of hydrogen-bond acceptors (Lipinski definition) is 3. The van der Waals surface area contributed by atoms with Crippen LogP contribution in [-0.4, -0.2) is 33.6 Å². The van der Waals surface area contributed by atoms with Gasteiger partial charge in [0.15, 0.2) is 0 Å². The predicted octanol–water partition coefficient (Wildman–Crippen LogP) is 5.07. The Morgan fingerprint density at radius 1 is 1.07 bits per heavy atom. The average molecular weight is 400 g/mol. The Balaban J connectivity index is 1.67. The van der Waals surface area contributed by atoms with Crippen molar-refractivity contribution in [3.05, 3.63) is 95.4 Å². The molecule has 1 aliphatic heterocycles. The number of hydrogen-bond donors (Lipinski definition) is 1. The SMILES string of the molecule is CSc1ccccc1C(=O)N1CCc2c([nH]c3ccccc23)C1c1ccccn1. The first-order chi connectivity index (χ1) is 14.3. The summed E-state index contributed by atoms with van der Waals surface area (Å²) in [7, 11) is 0. The summed E-state index contributed by atoms with van der Waals surface area (Å²) in [4.78, 5) is 24.8. The Morgan fingerprint density at radius 3 is 2.69 bits per heavy atom. The van der Waals surface area contributed by atoms with E-state index in [0.29, 0.717) is 6.54 Å². The number of aromatic nitrogens is 2. The van der Waals surface area contributed by atoms with Crippen LogP contribution in [0.15, 0.2) is 77.8 Å². The van der Waals surface area contributed by atoms with Gasteiger partial charge in [-0.1, -0.05) is 36.4 Å². The Kier molecular flexibility index (Phi) is 4.60. The molecule has 144 valence electrons. The molecule has 1 N–H and O–H groups in total. The Bertz CT molecular complexity index is 1190. The summed E-state index contributed by atoms with van der Waals surface area (Å²) >= 11 is 1.60. The number of nitrogens with one attached hydrogen (secondary N) is 1. The molecular weight excluding hydrogens is 378 g/mol. The second kappa shape index (κ2) is 7.41. The largest absolute Gasteiger partial charge is 0.356 e. The van der Waals surface area contributed by atoms with Crippen LogP contribution in [0.4, 0.5) is 0 Å². The molecule has 2 aromatic carbocycles. The quantitative estimate of drug-likeness (QED) is 0.489. The molecule has 4 nitrogen and oxygen atoms in total. The molecule has 0 saturated carbocycles. The number of benzene rings is 2. The van der Waals surface area contributed by atoms with Gasteiger partial charge in [0.2, 0.25) is 0 Å². The van der Waals surface area contributed by atoms with Gasteiger partial charge in [0, 0.05) is 34.2 Å². The van der Waals surface area contributed by atoms with Gasteiger partial charge in [-0.3, -0.25) is 9.78 Å². The first-order valence-electron chi connectivity index (χ1n) is 9.72. The van der Waals surface area contributed by atoms with E-state index in [4.69, 9.17) is 0 Å². The lowest BCUT2D eigenvalue weighted by molar-refractivity contribution is 0.0685. The maximum Gasteiger partial charge on any atom is 0.255 e. The molecule has 5 heteroatoms. The highest BCUT2D eigenvalue weighted by atomic mass is 32.2. The van der Waals surface area contributed by atoms with Crippen molar-refractivity contribution >= 4 is 28.6 Å². The number of fused-ring (bicyclic) bond motifs is 3.